The zero-order chi connectivity index (χ0) is 8.97. The zero-order valence-corrected chi connectivity index (χ0v) is 7.31. The quantitative estimate of drug-likeness (QED) is 0.773. The highest BCUT2D eigenvalue weighted by molar-refractivity contribution is 6.31. The van der Waals surface area contributed by atoms with Gasteiger partial charge in [0.2, 0.25) is 0 Å². The molecule has 66 valence electrons. The summed E-state index contributed by atoms with van der Waals surface area (Å²) in [5.41, 5.74) is 0.882. The van der Waals surface area contributed by atoms with Crippen molar-refractivity contribution in [2.45, 2.75) is 12.8 Å². The molecule has 0 amide bonds. The van der Waals surface area contributed by atoms with Crippen molar-refractivity contribution in [3.8, 4) is 0 Å². The van der Waals surface area contributed by atoms with Gasteiger partial charge in [-0.1, -0.05) is 17.7 Å². The summed E-state index contributed by atoms with van der Waals surface area (Å²) in [4.78, 5) is 0. The summed E-state index contributed by atoms with van der Waals surface area (Å²) in [6.45, 7) is 0.133. The first-order valence-corrected chi connectivity index (χ1v) is 4.16. The molecule has 12 heavy (non-hydrogen) atoms. The van der Waals surface area contributed by atoms with Crippen LogP contribution in [0.3, 0.4) is 0 Å². The molecule has 0 aromatic heterocycles. The van der Waals surface area contributed by atoms with E-state index in [1.165, 1.54) is 12.1 Å². The second-order valence-electron chi connectivity index (χ2n) is 2.56. The van der Waals surface area contributed by atoms with Crippen molar-refractivity contribution in [1.29, 1.82) is 0 Å². The number of aliphatic hydroxyl groups is 1. The monoisotopic (exact) mass is 188 g/mol. The zero-order valence-electron chi connectivity index (χ0n) is 6.56. The summed E-state index contributed by atoms with van der Waals surface area (Å²) < 4.78 is 12.5. The molecule has 0 heterocycles. The topological polar surface area (TPSA) is 20.2 Å². The molecule has 0 fully saturated rings. The van der Waals surface area contributed by atoms with Gasteiger partial charge in [-0.2, -0.15) is 0 Å². The number of aliphatic hydroxyl groups excluding tert-OH is 1. The second kappa shape index (κ2) is 4.43. The third kappa shape index (κ3) is 2.47. The Bertz CT molecular complexity index is 263. The minimum absolute atomic E-state index is 0.133. The fourth-order valence-electron chi connectivity index (χ4n) is 0.994. The fourth-order valence-corrected chi connectivity index (χ4v) is 1.26. The lowest BCUT2D eigenvalue weighted by Gasteiger charge is -2.01. The lowest BCUT2D eigenvalue weighted by molar-refractivity contribution is 0.288. The van der Waals surface area contributed by atoms with Crippen molar-refractivity contribution in [3.05, 3.63) is 34.6 Å². The molecular formula is C9H10ClFO. The van der Waals surface area contributed by atoms with Crippen LogP contribution >= 0.6 is 11.6 Å². The first kappa shape index (κ1) is 9.49. The molecule has 0 radical (unpaired) electrons. The predicted molar refractivity (Wildman–Crippen MR) is 46.8 cm³/mol. The van der Waals surface area contributed by atoms with Crippen LogP contribution in [0.5, 0.6) is 0 Å². The van der Waals surface area contributed by atoms with Gasteiger partial charge < -0.3 is 5.11 Å². The number of benzene rings is 1. The highest BCUT2D eigenvalue weighted by Crippen LogP contribution is 2.18. The standard InChI is InChI=1S/C9H10ClFO/c10-9-6-8(11)4-3-7(9)2-1-5-12/h3-4,6,12H,1-2,5H2. The molecule has 0 aliphatic carbocycles. The van der Waals surface area contributed by atoms with Crippen molar-refractivity contribution in [1.82, 2.24) is 0 Å². The number of halogens is 2. The number of hydrogen-bond donors (Lipinski definition) is 1. The van der Waals surface area contributed by atoms with E-state index in [4.69, 9.17) is 16.7 Å². The molecular weight excluding hydrogens is 179 g/mol. The molecule has 1 rings (SSSR count). The van der Waals surface area contributed by atoms with Crippen molar-refractivity contribution >= 4 is 11.6 Å². The maximum absolute atomic E-state index is 12.5. The van der Waals surface area contributed by atoms with Crippen LogP contribution in [0.15, 0.2) is 18.2 Å². The van der Waals surface area contributed by atoms with E-state index in [-0.39, 0.29) is 12.4 Å². The maximum atomic E-state index is 12.5. The Kier molecular flexibility index (Phi) is 3.50. The number of aryl methyl sites for hydroxylation is 1. The van der Waals surface area contributed by atoms with Gasteiger partial charge in [-0.3, -0.25) is 0 Å². The lowest BCUT2D eigenvalue weighted by Crippen LogP contribution is -1.90. The van der Waals surface area contributed by atoms with Crippen LogP contribution in [0.2, 0.25) is 5.02 Å². The molecule has 0 bridgehead atoms. The molecule has 0 atom stereocenters. The van der Waals surface area contributed by atoms with Crippen molar-refractivity contribution in [2.24, 2.45) is 0 Å². The van der Waals surface area contributed by atoms with E-state index in [0.717, 1.165) is 5.56 Å². The summed E-state index contributed by atoms with van der Waals surface area (Å²) >= 11 is 5.74. The minimum Gasteiger partial charge on any atom is -0.396 e. The van der Waals surface area contributed by atoms with Gasteiger partial charge in [0.25, 0.3) is 0 Å². The highest BCUT2D eigenvalue weighted by atomic mass is 35.5. The Hall–Kier alpha value is -0.600. The van der Waals surface area contributed by atoms with Crippen LogP contribution in [0, 0.1) is 5.82 Å². The summed E-state index contributed by atoms with van der Waals surface area (Å²) in [5.74, 6) is -0.326. The van der Waals surface area contributed by atoms with Crippen molar-refractivity contribution in [2.75, 3.05) is 6.61 Å². The molecule has 3 heteroatoms. The van der Waals surface area contributed by atoms with Crippen LogP contribution in [0.1, 0.15) is 12.0 Å². The van der Waals surface area contributed by atoms with Gasteiger partial charge in [0.15, 0.2) is 0 Å². The van der Waals surface area contributed by atoms with E-state index in [2.05, 4.69) is 0 Å². The highest BCUT2D eigenvalue weighted by Gasteiger charge is 2.00. The van der Waals surface area contributed by atoms with E-state index in [1.54, 1.807) is 6.07 Å². The van der Waals surface area contributed by atoms with Crippen LogP contribution in [-0.4, -0.2) is 11.7 Å². The molecule has 0 unspecified atom stereocenters. The van der Waals surface area contributed by atoms with E-state index < -0.39 is 0 Å². The van der Waals surface area contributed by atoms with E-state index >= 15 is 0 Å². The number of hydrogen-bond acceptors (Lipinski definition) is 1. The summed E-state index contributed by atoms with van der Waals surface area (Å²) in [5, 5.41) is 8.99. The maximum Gasteiger partial charge on any atom is 0.124 e. The summed E-state index contributed by atoms with van der Waals surface area (Å²) in [7, 11) is 0. The largest absolute Gasteiger partial charge is 0.396 e. The normalized spacial score (nSPS) is 10.2. The predicted octanol–water partition coefficient (Wildman–Crippen LogP) is 2.40. The van der Waals surface area contributed by atoms with E-state index in [9.17, 15) is 4.39 Å². The smallest absolute Gasteiger partial charge is 0.124 e. The third-order valence-electron chi connectivity index (χ3n) is 1.62. The molecule has 0 saturated heterocycles. The Morgan fingerprint density at radius 1 is 1.42 bits per heavy atom. The fraction of sp³-hybridized carbons (Fsp3) is 0.333. The summed E-state index contributed by atoms with van der Waals surface area (Å²) in [6, 6.07) is 4.31. The SMILES string of the molecule is OCCCc1ccc(F)cc1Cl. The molecule has 0 aliphatic heterocycles. The molecule has 0 spiro atoms. The van der Waals surface area contributed by atoms with Crippen molar-refractivity contribution in [3.63, 3.8) is 0 Å². The molecule has 1 nitrogen and oxygen atoms in total. The van der Waals surface area contributed by atoms with Gasteiger partial charge in [0, 0.05) is 11.6 Å². The Morgan fingerprint density at radius 2 is 2.17 bits per heavy atom. The average Bonchev–Trinajstić information content (AvgIpc) is 2.03. The Balaban J connectivity index is 2.72. The third-order valence-corrected chi connectivity index (χ3v) is 1.97. The molecule has 1 aromatic rings. The molecule has 1 aromatic carbocycles. The first-order chi connectivity index (χ1) is 5.74. The van der Waals surface area contributed by atoms with Crippen LogP contribution < -0.4 is 0 Å². The molecule has 0 aliphatic rings. The number of rotatable bonds is 3. The second-order valence-corrected chi connectivity index (χ2v) is 2.97. The van der Waals surface area contributed by atoms with Gasteiger partial charge in [-0.25, -0.2) is 4.39 Å². The minimum atomic E-state index is -0.326. The van der Waals surface area contributed by atoms with Gasteiger partial charge >= 0.3 is 0 Å². The Labute approximate surface area is 75.8 Å². The Morgan fingerprint density at radius 3 is 2.75 bits per heavy atom. The van der Waals surface area contributed by atoms with E-state index in [1.807, 2.05) is 0 Å². The van der Waals surface area contributed by atoms with Crippen molar-refractivity contribution < 1.29 is 9.50 Å². The van der Waals surface area contributed by atoms with Crippen LogP contribution in [0.25, 0.3) is 0 Å². The van der Waals surface area contributed by atoms with Crippen LogP contribution in [-0.2, 0) is 6.42 Å². The van der Waals surface area contributed by atoms with Gasteiger partial charge in [-0.05, 0) is 30.5 Å². The molecule has 0 saturated carbocycles. The van der Waals surface area contributed by atoms with Gasteiger partial charge in [-0.15, -0.1) is 0 Å². The van der Waals surface area contributed by atoms with Gasteiger partial charge in [0.05, 0.1) is 0 Å². The van der Waals surface area contributed by atoms with E-state index in [0.29, 0.717) is 17.9 Å². The summed E-state index contributed by atoms with van der Waals surface area (Å²) in [6.07, 6.45) is 1.35. The molecule has 1 N–H and O–H groups in total. The van der Waals surface area contributed by atoms with Gasteiger partial charge in [0.1, 0.15) is 5.82 Å². The van der Waals surface area contributed by atoms with Crippen LogP contribution in [0.4, 0.5) is 4.39 Å². The first-order valence-electron chi connectivity index (χ1n) is 3.79. The average molecular weight is 189 g/mol. The lowest BCUT2D eigenvalue weighted by atomic mass is 10.1.